The van der Waals surface area contributed by atoms with Gasteiger partial charge in [-0.25, -0.2) is 0 Å². The molecule has 16 heavy (non-hydrogen) atoms. The van der Waals surface area contributed by atoms with Crippen molar-refractivity contribution in [2.75, 3.05) is 18.1 Å². The zero-order valence-corrected chi connectivity index (χ0v) is 9.35. The summed E-state index contributed by atoms with van der Waals surface area (Å²) in [5, 5.41) is 0. The van der Waals surface area contributed by atoms with Gasteiger partial charge >= 0.3 is 0 Å². The van der Waals surface area contributed by atoms with Crippen molar-refractivity contribution in [1.29, 1.82) is 0 Å². The lowest BCUT2D eigenvalue weighted by Crippen LogP contribution is -2.42. The highest BCUT2D eigenvalue weighted by atomic mass is 16.5. The van der Waals surface area contributed by atoms with Crippen LogP contribution in [-0.2, 0) is 4.79 Å². The molecule has 0 saturated carbocycles. The number of fused-ring (bicyclic) bond motifs is 1. The highest BCUT2D eigenvalue weighted by Gasteiger charge is 2.23. The number of hydrogen-bond acceptors (Lipinski definition) is 3. The van der Waals surface area contributed by atoms with Crippen LogP contribution in [0.15, 0.2) is 24.3 Å². The Morgan fingerprint density at radius 2 is 2.25 bits per heavy atom. The van der Waals surface area contributed by atoms with Gasteiger partial charge in [-0.2, -0.15) is 0 Å². The van der Waals surface area contributed by atoms with Gasteiger partial charge in [0.2, 0.25) is 5.91 Å². The Morgan fingerprint density at radius 3 is 3.00 bits per heavy atom. The maximum Gasteiger partial charge on any atom is 0.243 e. The molecule has 86 valence electrons. The number of nitrogens with zero attached hydrogens (tertiary/aromatic N) is 1. The predicted molar refractivity (Wildman–Crippen MR) is 62.6 cm³/mol. The van der Waals surface area contributed by atoms with E-state index in [1.165, 1.54) is 0 Å². The number of ether oxygens (including phenoxy) is 1. The van der Waals surface area contributed by atoms with E-state index in [4.69, 9.17) is 10.5 Å². The standard InChI is InChI=1S/C12H16N2O2/c1-9(13)12(15)14-7-4-8-16-11-6-3-2-5-10(11)14/h2-3,5-6,9H,4,7-8,13H2,1H3. The number of carbonyl (C=O) groups is 1. The number of benzene rings is 1. The van der Waals surface area contributed by atoms with Crippen molar-refractivity contribution in [2.24, 2.45) is 5.73 Å². The van der Waals surface area contributed by atoms with Crippen molar-refractivity contribution >= 4 is 11.6 Å². The summed E-state index contributed by atoms with van der Waals surface area (Å²) in [5.74, 6) is 0.701. The largest absolute Gasteiger partial charge is 0.491 e. The third kappa shape index (κ3) is 2.02. The second-order valence-corrected chi connectivity index (χ2v) is 3.95. The molecule has 2 rings (SSSR count). The van der Waals surface area contributed by atoms with E-state index in [1.54, 1.807) is 11.8 Å². The smallest absolute Gasteiger partial charge is 0.243 e. The van der Waals surface area contributed by atoms with Crippen molar-refractivity contribution in [3.05, 3.63) is 24.3 Å². The Morgan fingerprint density at radius 1 is 1.50 bits per heavy atom. The number of amides is 1. The number of rotatable bonds is 1. The molecule has 4 heteroatoms. The van der Waals surface area contributed by atoms with E-state index in [-0.39, 0.29) is 5.91 Å². The Balaban J connectivity index is 2.36. The molecule has 1 amide bonds. The summed E-state index contributed by atoms with van der Waals surface area (Å²) in [6.45, 7) is 3.01. The lowest BCUT2D eigenvalue weighted by molar-refractivity contribution is -0.119. The second-order valence-electron chi connectivity index (χ2n) is 3.95. The van der Waals surface area contributed by atoms with Crippen LogP contribution in [-0.4, -0.2) is 25.1 Å². The van der Waals surface area contributed by atoms with E-state index in [0.29, 0.717) is 13.2 Å². The van der Waals surface area contributed by atoms with E-state index >= 15 is 0 Å². The first-order chi connectivity index (χ1) is 7.70. The molecule has 2 N–H and O–H groups in total. The molecule has 0 fully saturated rings. The number of anilines is 1. The molecule has 0 bridgehead atoms. The molecule has 0 aliphatic carbocycles. The maximum atomic E-state index is 12.0. The van der Waals surface area contributed by atoms with Gasteiger partial charge in [0.15, 0.2) is 0 Å². The van der Waals surface area contributed by atoms with E-state index in [1.807, 2.05) is 24.3 Å². The lowest BCUT2D eigenvalue weighted by Gasteiger charge is -2.23. The van der Waals surface area contributed by atoms with Gasteiger partial charge < -0.3 is 15.4 Å². The van der Waals surface area contributed by atoms with E-state index in [9.17, 15) is 4.79 Å². The third-order valence-corrected chi connectivity index (χ3v) is 2.60. The molecule has 0 saturated heterocycles. The topological polar surface area (TPSA) is 55.6 Å². The van der Waals surface area contributed by atoms with Gasteiger partial charge in [-0.15, -0.1) is 0 Å². The summed E-state index contributed by atoms with van der Waals surface area (Å²) in [5.41, 5.74) is 6.46. The third-order valence-electron chi connectivity index (χ3n) is 2.60. The van der Waals surface area contributed by atoms with Crippen LogP contribution in [0.2, 0.25) is 0 Å². The maximum absolute atomic E-state index is 12.0. The molecule has 1 aromatic carbocycles. The molecule has 4 nitrogen and oxygen atoms in total. The molecular formula is C12H16N2O2. The quantitative estimate of drug-likeness (QED) is 0.772. The summed E-state index contributed by atoms with van der Waals surface area (Å²) in [6, 6.07) is 7.09. The minimum absolute atomic E-state index is 0.0575. The molecule has 0 radical (unpaired) electrons. The zero-order valence-electron chi connectivity index (χ0n) is 9.35. The Hall–Kier alpha value is -1.55. The van der Waals surface area contributed by atoms with Crippen molar-refractivity contribution in [1.82, 2.24) is 0 Å². The SMILES string of the molecule is CC(N)C(=O)N1CCCOc2ccccc21. The molecule has 1 aliphatic heterocycles. The van der Waals surface area contributed by atoms with Gasteiger partial charge in [0.05, 0.1) is 18.3 Å². The van der Waals surface area contributed by atoms with Crippen LogP contribution in [0.5, 0.6) is 5.75 Å². The normalized spacial score (nSPS) is 17.0. The fourth-order valence-corrected chi connectivity index (χ4v) is 1.80. The first-order valence-electron chi connectivity index (χ1n) is 5.49. The van der Waals surface area contributed by atoms with Crippen LogP contribution in [0.3, 0.4) is 0 Å². The average Bonchev–Trinajstić information content (AvgIpc) is 2.50. The zero-order chi connectivity index (χ0) is 11.5. The van der Waals surface area contributed by atoms with Crippen molar-refractivity contribution in [3.63, 3.8) is 0 Å². The fraction of sp³-hybridized carbons (Fsp3) is 0.417. The average molecular weight is 220 g/mol. The Kier molecular flexibility index (Phi) is 3.10. The van der Waals surface area contributed by atoms with E-state index in [0.717, 1.165) is 17.9 Å². The summed E-state index contributed by atoms with van der Waals surface area (Å²) in [4.78, 5) is 13.7. The van der Waals surface area contributed by atoms with Crippen LogP contribution in [0, 0.1) is 0 Å². The molecule has 1 aliphatic rings. The van der Waals surface area contributed by atoms with Crippen molar-refractivity contribution in [3.8, 4) is 5.75 Å². The minimum Gasteiger partial charge on any atom is -0.491 e. The predicted octanol–water partition coefficient (Wildman–Crippen LogP) is 1.15. The van der Waals surface area contributed by atoms with Crippen molar-refractivity contribution < 1.29 is 9.53 Å². The molecule has 1 aromatic rings. The van der Waals surface area contributed by atoms with Gasteiger partial charge in [-0.3, -0.25) is 4.79 Å². The second kappa shape index (κ2) is 4.53. The summed E-state index contributed by atoms with van der Waals surface area (Å²) >= 11 is 0. The Bertz CT molecular complexity index is 390. The van der Waals surface area contributed by atoms with Gasteiger partial charge in [-0.05, 0) is 25.5 Å². The fourth-order valence-electron chi connectivity index (χ4n) is 1.80. The molecule has 1 atom stereocenters. The first kappa shape index (κ1) is 11.0. The number of hydrogen-bond donors (Lipinski definition) is 1. The molecule has 1 heterocycles. The van der Waals surface area contributed by atoms with Gasteiger partial charge in [0.1, 0.15) is 5.75 Å². The highest BCUT2D eigenvalue weighted by molar-refractivity contribution is 5.98. The van der Waals surface area contributed by atoms with Crippen molar-refractivity contribution in [2.45, 2.75) is 19.4 Å². The molecular weight excluding hydrogens is 204 g/mol. The minimum atomic E-state index is -0.480. The molecule has 0 aromatic heterocycles. The summed E-state index contributed by atoms with van der Waals surface area (Å²) in [7, 11) is 0. The van der Waals surface area contributed by atoms with Crippen LogP contribution < -0.4 is 15.4 Å². The Labute approximate surface area is 95.0 Å². The van der Waals surface area contributed by atoms with Crippen LogP contribution >= 0.6 is 0 Å². The van der Waals surface area contributed by atoms with Crippen LogP contribution in [0.25, 0.3) is 0 Å². The summed E-state index contributed by atoms with van der Waals surface area (Å²) in [6.07, 6.45) is 0.827. The number of carbonyl (C=O) groups excluding carboxylic acids is 1. The monoisotopic (exact) mass is 220 g/mol. The summed E-state index contributed by atoms with van der Waals surface area (Å²) < 4.78 is 5.57. The number of para-hydroxylation sites is 2. The van der Waals surface area contributed by atoms with Crippen LogP contribution in [0.1, 0.15) is 13.3 Å². The van der Waals surface area contributed by atoms with E-state index < -0.39 is 6.04 Å². The van der Waals surface area contributed by atoms with Gasteiger partial charge in [0, 0.05) is 6.54 Å². The van der Waals surface area contributed by atoms with Gasteiger partial charge in [-0.1, -0.05) is 12.1 Å². The highest BCUT2D eigenvalue weighted by Crippen LogP contribution is 2.30. The molecule has 1 unspecified atom stereocenters. The first-order valence-corrected chi connectivity index (χ1v) is 5.49. The van der Waals surface area contributed by atoms with Gasteiger partial charge in [0.25, 0.3) is 0 Å². The lowest BCUT2D eigenvalue weighted by atomic mass is 10.2. The van der Waals surface area contributed by atoms with Crippen LogP contribution in [0.4, 0.5) is 5.69 Å². The molecule has 0 spiro atoms. The van der Waals surface area contributed by atoms with E-state index in [2.05, 4.69) is 0 Å². The number of nitrogens with two attached hydrogens (primary N) is 1.